The van der Waals surface area contributed by atoms with E-state index in [2.05, 4.69) is 10.0 Å². The number of carbonyl (C=O) groups excluding carboxylic acids is 1. The number of sulfonamides is 1. The Morgan fingerprint density at radius 3 is 2.36 bits per heavy atom. The Morgan fingerprint density at radius 1 is 1.14 bits per heavy atom. The summed E-state index contributed by atoms with van der Waals surface area (Å²) >= 11 is 5.94. The molecule has 0 saturated carbocycles. The zero-order chi connectivity index (χ0) is 16.3. The number of rotatable bonds is 4. The van der Waals surface area contributed by atoms with E-state index in [1.54, 1.807) is 0 Å². The predicted molar refractivity (Wildman–Crippen MR) is 82.1 cm³/mol. The molecule has 5 nitrogen and oxygen atoms in total. The van der Waals surface area contributed by atoms with Gasteiger partial charge in [0.25, 0.3) is 15.9 Å². The lowest BCUT2D eigenvalue weighted by molar-refractivity contribution is 0.0963. The molecule has 1 amide bonds. The predicted octanol–water partition coefficient (Wildman–Crippen LogP) is 2.64. The van der Waals surface area contributed by atoms with Gasteiger partial charge in [0.15, 0.2) is 0 Å². The molecule has 0 radical (unpaired) electrons. The van der Waals surface area contributed by atoms with Gasteiger partial charge in [-0.2, -0.15) is 0 Å². The maximum atomic E-state index is 12.9. The van der Waals surface area contributed by atoms with Gasteiger partial charge in [0.05, 0.1) is 15.6 Å². The summed E-state index contributed by atoms with van der Waals surface area (Å²) in [4.78, 5) is 11.5. The van der Waals surface area contributed by atoms with Crippen molar-refractivity contribution >= 4 is 33.2 Å². The van der Waals surface area contributed by atoms with Crippen molar-refractivity contribution in [3.8, 4) is 0 Å². The van der Waals surface area contributed by atoms with Crippen LogP contribution in [-0.4, -0.2) is 21.4 Å². The van der Waals surface area contributed by atoms with E-state index in [0.29, 0.717) is 0 Å². The van der Waals surface area contributed by atoms with Gasteiger partial charge < -0.3 is 5.32 Å². The second kappa shape index (κ2) is 6.33. The Hall–Kier alpha value is -2.12. The molecular weight excluding hydrogens is 331 g/mol. The summed E-state index contributed by atoms with van der Waals surface area (Å²) in [7, 11) is -2.48. The van der Waals surface area contributed by atoms with Crippen LogP contribution in [0.2, 0.25) is 5.02 Å². The van der Waals surface area contributed by atoms with Crippen molar-refractivity contribution in [2.75, 3.05) is 11.8 Å². The largest absolute Gasteiger partial charge is 0.355 e. The summed E-state index contributed by atoms with van der Waals surface area (Å²) in [5, 5.41) is 2.57. The van der Waals surface area contributed by atoms with Gasteiger partial charge in [0.2, 0.25) is 0 Å². The molecule has 2 aromatic rings. The van der Waals surface area contributed by atoms with Crippen molar-refractivity contribution in [1.29, 1.82) is 0 Å². The molecule has 116 valence electrons. The molecule has 8 heteroatoms. The number of carbonyl (C=O) groups is 1. The van der Waals surface area contributed by atoms with Crippen LogP contribution >= 0.6 is 11.6 Å². The number of hydrogen-bond acceptors (Lipinski definition) is 3. The van der Waals surface area contributed by atoms with Crippen LogP contribution in [-0.2, 0) is 10.0 Å². The molecule has 0 fully saturated rings. The topological polar surface area (TPSA) is 75.3 Å². The maximum Gasteiger partial charge on any atom is 0.261 e. The van der Waals surface area contributed by atoms with Crippen molar-refractivity contribution < 1.29 is 17.6 Å². The fourth-order valence-corrected chi connectivity index (χ4v) is 3.00. The van der Waals surface area contributed by atoms with Crippen molar-refractivity contribution in [1.82, 2.24) is 5.32 Å². The zero-order valence-corrected chi connectivity index (χ0v) is 13.0. The molecule has 0 saturated heterocycles. The molecule has 0 bridgehead atoms. The maximum absolute atomic E-state index is 12.9. The minimum Gasteiger partial charge on any atom is -0.355 e. The molecule has 22 heavy (non-hydrogen) atoms. The molecular formula is C14H12ClFN2O3S. The fourth-order valence-electron chi connectivity index (χ4n) is 1.71. The van der Waals surface area contributed by atoms with Gasteiger partial charge in [0.1, 0.15) is 5.82 Å². The molecule has 2 rings (SSSR count). The van der Waals surface area contributed by atoms with Crippen LogP contribution in [0.25, 0.3) is 0 Å². The third-order valence-corrected chi connectivity index (χ3v) is 4.53. The second-order valence-electron chi connectivity index (χ2n) is 4.33. The normalized spacial score (nSPS) is 11.0. The molecule has 0 spiro atoms. The lowest BCUT2D eigenvalue weighted by Gasteiger charge is -2.11. The number of benzene rings is 2. The van der Waals surface area contributed by atoms with Crippen LogP contribution in [0, 0.1) is 5.82 Å². The third kappa shape index (κ3) is 3.55. The lowest BCUT2D eigenvalue weighted by Crippen LogP contribution is -2.18. The quantitative estimate of drug-likeness (QED) is 0.897. The summed E-state index contributed by atoms with van der Waals surface area (Å²) in [5.41, 5.74) is 0.316. The zero-order valence-electron chi connectivity index (χ0n) is 11.4. The highest BCUT2D eigenvalue weighted by molar-refractivity contribution is 7.92. The van der Waals surface area contributed by atoms with Gasteiger partial charge in [-0.1, -0.05) is 11.6 Å². The highest BCUT2D eigenvalue weighted by atomic mass is 35.5. The first kappa shape index (κ1) is 16.3. The first-order valence-corrected chi connectivity index (χ1v) is 7.99. The molecule has 0 heterocycles. The van der Waals surface area contributed by atoms with Crippen molar-refractivity contribution in [3.05, 3.63) is 58.9 Å². The average Bonchev–Trinajstić information content (AvgIpc) is 2.49. The third-order valence-electron chi connectivity index (χ3n) is 2.82. The monoisotopic (exact) mass is 342 g/mol. The Balaban J connectivity index is 2.37. The first-order chi connectivity index (χ1) is 10.3. The molecule has 2 N–H and O–H groups in total. The van der Waals surface area contributed by atoms with E-state index >= 15 is 0 Å². The van der Waals surface area contributed by atoms with Crippen LogP contribution in [0.5, 0.6) is 0 Å². The summed E-state index contributed by atoms with van der Waals surface area (Å²) in [5.74, 6) is -0.919. The standard InChI is InChI=1S/C14H12ClFN2O3S/c1-17-14(19)9-2-7-12(15)13(8-9)18-22(20,21)11-5-3-10(16)4-6-11/h2-8,18H,1H3,(H,17,19). The average molecular weight is 343 g/mol. The van der Waals surface area contributed by atoms with E-state index in [4.69, 9.17) is 11.6 Å². The van der Waals surface area contributed by atoms with Crippen molar-refractivity contribution in [3.63, 3.8) is 0 Å². The highest BCUT2D eigenvalue weighted by Crippen LogP contribution is 2.26. The van der Waals surface area contributed by atoms with Crippen LogP contribution in [0.15, 0.2) is 47.4 Å². The number of hydrogen-bond donors (Lipinski definition) is 2. The lowest BCUT2D eigenvalue weighted by atomic mass is 10.2. The van der Waals surface area contributed by atoms with Gasteiger partial charge in [-0.15, -0.1) is 0 Å². The highest BCUT2D eigenvalue weighted by Gasteiger charge is 2.17. The van der Waals surface area contributed by atoms with Crippen LogP contribution in [0.4, 0.5) is 10.1 Å². The molecule has 0 aliphatic rings. The van der Waals surface area contributed by atoms with Crippen molar-refractivity contribution in [2.24, 2.45) is 0 Å². The minimum absolute atomic E-state index is 0.0621. The Morgan fingerprint density at radius 2 is 1.77 bits per heavy atom. The molecule has 0 atom stereocenters. The summed E-state index contributed by atoms with van der Waals surface area (Å²) < 4.78 is 39.6. The van der Waals surface area contributed by atoms with Crippen molar-refractivity contribution in [2.45, 2.75) is 4.90 Å². The van der Waals surface area contributed by atoms with E-state index in [1.165, 1.54) is 25.2 Å². The van der Waals surface area contributed by atoms with E-state index < -0.39 is 15.8 Å². The Labute approximate surface area is 132 Å². The fraction of sp³-hybridized carbons (Fsp3) is 0.0714. The molecule has 0 unspecified atom stereocenters. The number of anilines is 1. The van der Waals surface area contributed by atoms with Crippen LogP contribution in [0.3, 0.4) is 0 Å². The van der Waals surface area contributed by atoms with E-state index in [0.717, 1.165) is 24.3 Å². The summed E-state index contributed by atoms with van der Waals surface area (Å²) in [6.45, 7) is 0. The van der Waals surface area contributed by atoms with Gasteiger partial charge >= 0.3 is 0 Å². The van der Waals surface area contributed by atoms with Crippen LogP contribution in [0.1, 0.15) is 10.4 Å². The first-order valence-electron chi connectivity index (χ1n) is 6.13. The van der Waals surface area contributed by atoms with Gasteiger partial charge in [-0.3, -0.25) is 9.52 Å². The summed E-state index contributed by atoms with van der Waals surface area (Å²) in [6.07, 6.45) is 0. The van der Waals surface area contributed by atoms with E-state index in [-0.39, 0.29) is 27.1 Å². The van der Waals surface area contributed by atoms with Gasteiger partial charge in [0, 0.05) is 12.6 Å². The number of amides is 1. The number of nitrogens with one attached hydrogen (secondary N) is 2. The van der Waals surface area contributed by atoms with E-state index in [9.17, 15) is 17.6 Å². The molecule has 0 aliphatic carbocycles. The smallest absolute Gasteiger partial charge is 0.261 e. The van der Waals surface area contributed by atoms with Gasteiger partial charge in [-0.25, -0.2) is 12.8 Å². The molecule has 2 aromatic carbocycles. The van der Waals surface area contributed by atoms with E-state index in [1.807, 2.05) is 0 Å². The Kier molecular flexibility index (Phi) is 4.68. The van der Waals surface area contributed by atoms with Gasteiger partial charge in [-0.05, 0) is 42.5 Å². The van der Waals surface area contributed by atoms with Crippen LogP contribution < -0.4 is 10.0 Å². The Bertz CT molecular complexity index is 807. The minimum atomic E-state index is -3.93. The molecule has 0 aliphatic heterocycles. The SMILES string of the molecule is CNC(=O)c1ccc(Cl)c(NS(=O)(=O)c2ccc(F)cc2)c1. The second-order valence-corrected chi connectivity index (χ2v) is 6.42. The number of halogens is 2. The molecule has 0 aromatic heterocycles. The summed E-state index contributed by atoms with van der Waals surface area (Å²) in [6, 6.07) is 8.55.